The summed E-state index contributed by atoms with van der Waals surface area (Å²) in [5.74, 6) is -2.15. The molecule has 0 atom stereocenters. The fourth-order valence-corrected chi connectivity index (χ4v) is 0.906. The number of carbonyl (C=O) groups is 1. The SMILES string of the molecule is O=C([O-])c1c(C(F)(F)F)[nH]ccc1=O. The van der Waals surface area contributed by atoms with E-state index < -0.39 is 28.8 Å². The Hall–Kier alpha value is -1.79. The molecule has 0 radical (unpaired) electrons. The smallest absolute Gasteiger partial charge is 0.432 e. The first-order valence-electron chi connectivity index (χ1n) is 3.34. The number of H-pyrrole nitrogens is 1. The molecule has 0 aliphatic carbocycles. The first kappa shape index (κ1) is 10.3. The predicted molar refractivity (Wildman–Crippen MR) is 36.4 cm³/mol. The summed E-state index contributed by atoms with van der Waals surface area (Å²) in [7, 11) is 0. The van der Waals surface area contributed by atoms with Crippen molar-refractivity contribution in [2.75, 3.05) is 0 Å². The van der Waals surface area contributed by atoms with Crippen LogP contribution in [0.25, 0.3) is 0 Å². The van der Waals surface area contributed by atoms with E-state index in [1.54, 1.807) is 4.98 Å². The molecule has 0 fully saturated rings. The minimum absolute atomic E-state index is 0.681. The quantitative estimate of drug-likeness (QED) is 0.688. The Morgan fingerprint density at radius 3 is 2.36 bits per heavy atom. The van der Waals surface area contributed by atoms with Gasteiger partial charge in [0.1, 0.15) is 5.69 Å². The van der Waals surface area contributed by atoms with Crippen LogP contribution in [-0.2, 0) is 6.18 Å². The molecule has 0 aliphatic heterocycles. The van der Waals surface area contributed by atoms with Crippen LogP contribution >= 0.6 is 0 Å². The third kappa shape index (κ3) is 1.76. The van der Waals surface area contributed by atoms with Gasteiger partial charge in [-0.2, -0.15) is 13.2 Å². The molecule has 1 heterocycles. The number of pyridine rings is 1. The maximum atomic E-state index is 12.1. The molecule has 0 amide bonds. The number of carboxylic acid groups (broad SMARTS) is 1. The molecule has 1 N–H and O–H groups in total. The number of aromatic carboxylic acids is 1. The lowest BCUT2D eigenvalue weighted by Gasteiger charge is -2.11. The number of hydrogen-bond donors (Lipinski definition) is 1. The number of nitrogens with one attached hydrogen (secondary N) is 1. The summed E-state index contributed by atoms with van der Waals surface area (Å²) in [6.45, 7) is 0. The van der Waals surface area contributed by atoms with Gasteiger partial charge in [-0.1, -0.05) is 0 Å². The predicted octanol–water partition coefficient (Wildman–Crippen LogP) is -0.243. The first-order valence-corrected chi connectivity index (χ1v) is 3.34. The molecule has 1 aromatic heterocycles. The highest BCUT2D eigenvalue weighted by molar-refractivity contribution is 5.87. The molecule has 0 aliphatic rings. The van der Waals surface area contributed by atoms with E-state index in [1.165, 1.54) is 0 Å². The van der Waals surface area contributed by atoms with E-state index in [2.05, 4.69) is 0 Å². The molecule has 1 aromatic rings. The van der Waals surface area contributed by atoms with E-state index in [1.807, 2.05) is 0 Å². The zero-order valence-corrected chi connectivity index (χ0v) is 6.51. The van der Waals surface area contributed by atoms with Gasteiger partial charge in [-0.15, -0.1) is 0 Å². The fraction of sp³-hybridized carbons (Fsp3) is 0.143. The summed E-state index contributed by atoms with van der Waals surface area (Å²) in [6.07, 6.45) is -4.20. The molecule has 0 aromatic carbocycles. The minimum Gasteiger partial charge on any atom is -0.545 e. The first-order chi connectivity index (χ1) is 6.34. The normalized spacial score (nSPS) is 11.4. The third-order valence-corrected chi connectivity index (χ3v) is 1.45. The second-order valence-corrected chi connectivity index (χ2v) is 2.38. The lowest BCUT2D eigenvalue weighted by molar-refractivity contribution is -0.256. The third-order valence-electron chi connectivity index (χ3n) is 1.45. The van der Waals surface area contributed by atoms with Gasteiger partial charge in [0.15, 0.2) is 5.43 Å². The molecule has 0 spiro atoms. The van der Waals surface area contributed by atoms with E-state index in [9.17, 15) is 27.9 Å². The molecule has 0 saturated carbocycles. The molecule has 0 saturated heterocycles. The molecule has 7 heteroatoms. The van der Waals surface area contributed by atoms with Crippen molar-refractivity contribution >= 4 is 5.97 Å². The number of halogens is 3. The van der Waals surface area contributed by atoms with Crippen molar-refractivity contribution in [3.05, 3.63) is 33.7 Å². The van der Waals surface area contributed by atoms with E-state index >= 15 is 0 Å². The number of alkyl halides is 3. The molecular weight excluding hydrogens is 203 g/mol. The average molecular weight is 206 g/mol. The summed E-state index contributed by atoms with van der Waals surface area (Å²) in [5, 5.41) is 10.3. The molecule has 14 heavy (non-hydrogen) atoms. The van der Waals surface area contributed by atoms with Crippen LogP contribution in [0.2, 0.25) is 0 Å². The minimum atomic E-state index is -4.92. The largest absolute Gasteiger partial charge is 0.545 e. The van der Waals surface area contributed by atoms with Crippen LogP contribution in [0.5, 0.6) is 0 Å². The number of carboxylic acids is 1. The van der Waals surface area contributed by atoms with Crippen molar-refractivity contribution < 1.29 is 23.1 Å². The molecule has 0 bridgehead atoms. The molecule has 76 valence electrons. The van der Waals surface area contributed by atoms with Crippen LogP contribution < -0.4 is 10.5 Å². The van der Waals surface area contributed by atoms with Crippen LogP contribution in [0.3, 0.4) is 0 Å². The lowest BCUT2D eigenvalue weighted by atomic mass is 10.2. The van der Waals surface area contributed by atoms with Gasteiger partial charge in [0.25, 0.3) is 0 Å². The Labute approximate surface area is 75.0 Å². The van der Waals surface area contributed by atoms with Gasteiger partial charge in [-0.05, 0) is 0 Å². The lowest BCUT2D eigenvalue weighted by Crippen LogP contribution is -2.33. The average Bonchev–Trinajstić information content (AvgIpc) is 2.01. The summed E-state index contributed by atoms with van der Waals surface area (Å²) in [6, 6.07) is 0.681. The van der Waals surface area contributed by atoms with E-state index in [4.69, 9.17) is 0 Å². The van der Waals surface area contributed by atoms with Crippen LogP contribution in [0.1, 0.15) is 16.1 Å². The standard InChI is InChI=1S/C7H4F3NO3/c8-7(9,10)5-4(6(13)14)3(12)1-2-11-5/h1-2H,(H,11,12)(H,13,14)/p-1. The maximum absolute atomic E-state index is 12.1. The number of aromatic nitrogens is 1. The zero-order valence-electron chi connectivity index (χ0n) is 6.51. The van der Waals surface area contributed by atoms with E-state index in [0.29, 0.717) is 6.07 Å². The number of carbonyl (C=O) groups excluding carboxylic acids is 1. The van der Waals surface area contributed by atoms with Crippen LogP contribution in [0.15, 0.2) is 17.1 Å². The van der Waals surface area contributed by atoms with Gasteiger partial charge in [-0.25, -0.2) is 0 Å². The molecular formula is C7H3F3NO3-. The Balaban J connectivity index is 3.52. The van der Waals surface area contributed by atoms with E-state index in [0.717, 1.165) is 6.20 Å². The maximum Gasteiger partial charge on any atom is 0.432 e. The van der Waals surface area contributed by atoms with Crippen molar-refractivity contribution in [2.24, 2.45) is 0 Å². The van der Waals surface area contributed by atoms with Gasteiger partial charge < -0.3 is 14.9 Å². The van der Waals surface area contributed by atoms with Gasteiger partial charge in [0.2, 0.25) is 0 Å². The summed E-state index contributed by atoms with van der Waals surface area (Å²) < 4.78 is 36.4. The molecule has 1 rings (SSSR count). The highest BCUT2D eigenvalue weighted by atomic mass is 19.4. The topological polar surface area (TPSA) is 73.0 Å². The van der Waals surface area contributed by atoms with Crippen molar-refractivity contribution in [1.29, 1.82) is 0 Å². The highest BCUT2D eigenvalue weighted by Gasteiger charge is 2.35. The van der Waals surface area contributed by atoms with Gasteiger partial charge in [0, 0.05) is 12.3 Å². The summed E-state index contributed by atoms with van der Waals surface area (Å²) in [5.41, 5.74) is -4.25. The number of aromatic amines is 1. The second kappa shape index (κ2) is 3.17. The van der Waals surface area contributed by atoms with Gasteiger partial charge >= 0.3 is 6.18 Å². The Morgan fingerprint density at radius 2 is 2.00 bits per heavy atom. The van der Waals surface area contributed by atoms with Crippen LogP contribution in [-0.4, -0.2) is 11.0 Å². The fourth-order valence-electron chi connectivity index (χ4n) is 0.906. The highest BCUT2D eigenvalue weighted by Crippen LogP contribution is 2.28. The molecule has 4 nitrogen and oxygen atoms in total. The number of rotatable bonds is 1. The Kier molecular flexibility index (Phi) is 2.33. The van der Waals surface area contributed by atoms with Crippen molar-refractivity contribution in [1.82, 2.24) is 4.98 Å². The second-order valence-electron chi connectivity index (χ2n) is 2.38. The van der Waals surface area contributed by atoms with Crippen molar-refractivity contribution in [3.63, 3.8) is 0 Å². The van der Waals surface area contributed by atoms with Gasteiger partial charge in [-0.3, -0.25) is 4.79 Å². The summed E-state index contributed by atoms with van der Waals surface area (Å²) >= 11 is 0. The Bertz CT molecular complexity index is 421. The van der Waals surface area contributed by atoms with Gasteiger partial charge in [0.05, 0.1) is 11.5 Å². The monoisotopic (exact) mass is 206 g/mol. The van der Waals surface area contributed by atoms with Crippen molar-refractivity contribution in [3.8, 4) is 0 Å². The zero-order chi connectivity index (χ0) is 10.9. The molecule has 0 unspecified atom stereocenters. The van der Waals surface area contributed by atoms with Crippen LogP contribution in [0, 0.1) is 0 Å². The van der Waals surface area contributed by atoms with E-state index in [-0.39, 0.29) is 0 Å². The summed E-state index contributed by atoms with van der Waals surface area (Å²) in [4.78, 5) is 22.7. The van der Waals surface area contributed by atoms with Crippen molar-refractivity contribution in [2.45, 2.75) is 6.18 Å². The Morgan fingerprint density at radius 1 is 1.43 bits per heavy atom. The van der Waals surface area contributed by atoms with Crippen LogP contribution in [0.4, 0.5) is 13.2 Å². The number of hydrogen-bond acceptors (Lipinski definition) is 3.